The van der Waals surface area contributed by atoms with Crippen LogP contribution in [0.5, 0.6) is 5.75 Å². The van der Waals surface area contributed by atoms with Crippen molar-refractivity contribution in [2.75, 3.05) is 5.32 Å². The van der Waals surface area contributed by atoms with Crippen LogP contribution in [0.1, 0.15) is 30.7 Å². The molecule has 1 amide bonds. The van der Waals surface area contributed by atoms with Crippen molar-refractivity contribution in [2.24, 2.45) is 0 Å². The Morgan fingerprint density at radius 3 is 2.85 bits per heavy atom. The minimum atomic E-state index is -0.535. The molecule has 0 aliphatic carbocycles. The molecule has 26 heavy (non-hydrogen) atoms. The quantitative estimate of drug-likeness (QED) is 0.655. The summed E-state index contributed by atoms with van der Waals surface area (Å²) in [6.07, 6.45) is 6.17. The number of ether oxygens (including phenoxy) is 2. The molecule has 0 fully saturated rings. The fourth-order valence-electron chi connectivity index (χ4n) is 2.15. The van der Waals surface area contributed by atoms with Gasteiger partial charge in [0.05, 0.1) is 5.69 Å². The number of benzene rings is 1. The van der Waals surface area contributed by atoms with Gasteiger partial charge in [0.25, 0.3) is 5.91 Å². The molecule has 6 nitrogen and oxygen atoms in total. The fourth-order valence-corrected chi connectivity index (χ4v) is 2.90. The second-order valence-corrected chi connectivity index (χ2v) is 7.62. The maximum absolute atomic E-state index is 12.1. The van der Waals surface area contributed by atoms with E-state index in [1.165, 1.54) is 17.4 Å². The summed E-state index contributed by atoms with van der Waals surface area (Å²) in [4.78, 5) is 28.8. The highest BCUT2D eigenvalue weighted by atomic mass is 32.1. The van der Waals surface area contributed by atoms with Crippen molar-refractivity contribution in [2.45, 2.75) is 26.4 Å². The smallest absolute Gasteiger partial charge is 0.331 e. The zero-order chi connectivity index (χ0) is 18.7. The lowest BCUT2D eigenvalue weighted by atomic mass is 10.2. The lowest BCUT2D eigenvalue weighted by molar-refractivity contribution is -0.148. The highest BCUT2D eigenvalue weighted by Crippen LogP contribution is 2.31. The molecular formula is C19H18N2O4S. The Bertz CT molecular complexity index is 906. The highest BCUT2D eigenvalue weighted by Gasteiger charge is 2.21. The summed E-state index contributed by atoms with van der Waals surface area (Å²) in [7, 11) is 0. The third-order valence-electron chi connectivity index (χ3n) is 3.17. The van der Waals surface area contributed by atoms with Crippen LogP contribution in [0.4, 0.5) is 5.69 Å². The number of nitrogens with one attached hydrogen (secondary N) is 1. The lowest BCUT2D eigenvalue weighted by Crippen LogP contribution is -2.23. The zero-order valence-corrected chi connectivity index (χ0v) is 15.4. The van der Waals surface area contributed by atoms with E-state index in [1.54, 1.807) is 30.5 Å². The van der Waals surface area contributed by atoms with Crippen LogP contribution in [0.25, 0.3) is 12.2 Å². The Labute approximate surface area is 155 Å². The average Bonchev–Trinajstić information content (AvgIpc) is 3.00. The Hall–Kier alpha value is -2.93. The number of esters is 1. The van der Waals surface area contributed by atoms with Crippen LogP contribution in [0.15, 0.2) is 42.3 Å². The van der Waals surface area contributed by atoms with Gasteiger partial charge >= 0.3 is 5.97 Å². The molecule has 0 atom stereocenters. The van der Waals surface area contributed by atoms with E-state index < -0.39 is 11.6 Å². The summed E-state index contributed by atoms with van der Waals surface area (Å²) in [6.45, 7) is 5.43. The Morgan fingerprint density at radius 2 is 2.08 bits per heavy atom. The normalized spacial score (nSPS) is 15.5. The average molecular weight is 370 g/mol. The lowest BCUT2D eigenvalue weighted by Gasteiger charge is -2.19. The van der Waals surface area contributed by atoms with E-state index in [1.807, 2.05) is 32.9 Å². The number of anilines is 1. The summed E-state index contributed by atoms with van der Waals surface area (Å²) >= 11 is 1.33. The van der Waals surface area contributed by atoms with Gasteiger partial charge in [-0.2, -0.15) is 0 Å². The van der Waals surface area contributed by atoms with E-state index in [4.69, 9.17) is 9.47 Å². The largest absolute Gasteiger partial charge is 0.457 e. The van der Waals surface area contributed by atoms with E-state index in [0.29, 0.717) is 16.4 Å². The third kappa shape index (κ3) is 4.58. The zero-order valence-electron chi connectivity index (χ0n) is 14.6. The van der Waals surface area contributed by atoms with Crippen molar-refractivity contribution in [3.8, 4) is 5.75 Å². The molecule has 7 heteroatoms. The molecule has 0 bridgehead atoms. The summed E-state index contributed by atoms with van der Waals surface area (Å²) in [5, 5.41) is 3.36. The summed E-state index contributed by atoms with van der Waals surface area (Å²) in [6, 6.07) is 7.20. The first-order valence-corrected chi connectivity index (χ1v) is 8.79. The predicted octanol–water partition coefficient (Wildman–Crippen LogP) is 3.87. The van der Waals surface area contributed by atoms with Crippen molar-refractivity contribution < 1.29 is 19.1 Å². The molecule has 0 saturated carbocycles. The van der Waals surface area contributed by atoms with E-state index in [0.717, 1.165) is 4.88 Å². The van der Waals surface area contributed by atoms with Crippen molar-refractivity contribution in [3.05, 3.63) is 52.2 Å². The van der Waals surface area contributed by atoms with Gasteiger partial charge in [-0.3, -0.25) is 4.79 Å². The molecule has 3 rings (SSSR count). The highest BCUT2D eigenvalue weighted by molar-refractivity contribution is 7.13. The number of para-hydroxylation sites is 2. The van der Waals surface area contributed by atoms with Gasteiger partial charge in [0.1, 0.15) is 10.6 Å². The van der Waals surface area contributed by atoms with Crippen molar-refractivity contribution >= 4 is 41.1 Å². The van der Waals surface area contributed by atoms with Crippen molar-refractivity contribution in [1.82, 2.24) is 4.98 Å². The molecule has 134 valence electrons. The maximum Gasteiger partial charge on any atom is 0.331 e. The number of hydrogen-bond acceptors (Lipinski definition) is 6. The molecule has 1 N–H and O–H groups in total. The Kier molecular flexibility index (Phi) is 4.90. The van der Waals surface area contributed by atoms with Gasteiger partial charge in [-0.25, -0.2) is 9.78 Å². The van der Waals surface area contributed by atoms with Gasteiger partial charge in [-0.15, -0.1) is 11.3 Å². The number of carbonyl (C=O) groups is 2. The van der Waals surface area contributed by atoms with Gasteiger partial charge in [0, 0.05) is 23.2 Å². The van der Waals surface area contributed by atoms with Gasteiger partial charge in [-0.1, -0.05) is 12.1 Å². The third-order valence-corrected chi connectivity index (χ3v) is 4.08. The number of hydrogen-bond donors (Lipinski definition) is 1. The molecule has 1 aliphatic rings. The number of amides is 1. The molecule has 1 aromatic heterocycles. The first kappa shape index (κ1) is 17.9. The molecule has 2 aromatic rings. The second kappa shape index (κ2) is 7.13. The van der Waals surface area contributed by atoms with Crippen LogP contribution in [-0.4, -0.2) is 22.5 Å². The monoisotopic (exact) mass is 370 g/mol. The summed E-state index contributed by atoms with van der Waals surface area (Å²) in [5.41, 5.74) is 0.0990. The number of thiazole rings is 1. The molecular weight excluding hydrogens is 352 g/mol. The van der Waals surface area contributed by atoms with Crippen molar-refractivity contribution in [3.63, 3.8) is 0 Å². The summed E-state index contributed by atoms with van der Waals surface area (Å²) < 4.78 is 10.8. The molecule has 2 heterocycles. The molecule has 0 unspecified atom stereocenters. The summed E-state index contributed by atoms with van der Waals surface area (Å²) in [5.74, 6) is 0.00261. The van der Waals surface area contributed by atoms with Crippen LogP contribution in [0.2, 0.25) is 0 Å². The van der Waals surface area contributed by atoms with Gasteiger partial charge < -0.3 is 14.8 Å². The molecule has 1 aromatic carbocycles. The number of aromatic nitrogens is 1. The number of rotatable bonds is 3. The SMILES string of the molecule is CC(C)(C)OC(=O)/C=C/c1cnc(/C=C2\Oc3ccccc3NC2=O)s1. The fraction of sp³-hybridized carbons (Fsp3) is 0.211. The number of nitrogens with zero attached hydrogens (tertiary/aromatic N) is 1. The topological polar surface area (TPSA) is 77.5 Å². The first-order valence-electron chi connectivity index (χ1n) is 7.97. The van der Waals surface area contributed by atoms with Crippen LogP contribution >= 0.6 is 11.3 Å². The molecule has 0 spiro atoms. The predicted molar refractivity (Wildman–Crippen MR) is 101 cm³/mol. The first-order chi connectivity index (χ1) is 12.3. The standard InChI is InChI=1S/C19H18N2O4S/c1-19(2,3)25-17(22)9-8-12-11-20-16(26-12)10-15-18(23)21-13-6-4-5-7-14(13)24-15/h4-11H,1-3H3,(H,21,23)/b9-8+,15-10-. The minimum Gasteiger partial charge on any atom is -0.457 e. The minimum absolute atomic E-state index is 0.167. The van der Waals surface area contributed by atoms with E-state index >= 15 is 0 Å². The van der Waals surface area contributed by atoms with E-state index in [9.17, 15) is 9.59 Å². The van der Waals surface area contributed by atoms with Crippen LogP contribution in [0.3, 0.4) is 0 Å². The van der Waals surface area contributed by atoms with E-state index in [2.05, 4.69) is 10.3 Å². The van der Waals surface area contributed by atoms with Gasteiger partial charge in [0.2, 0.25) is 0 Å². The molecule has 0 saturated heterocycles. The molecule has 0 radical (unpaired) electrons. The van der Waals surface area contributed by atoms with Crippen LogP contribution in [-0.2, 0) is 14.3 Å². The second-order valence-electron chi connectivity index (χ2n) is 6.53. The van der Waals surface area contributed by atoms with E-state index in [-0.39, 0.29) is 11.7 Å². The Balaban J connectivity index is 1.71. The van der Waals surface area contributed by atoms with Crippen LogP contribution in [0, 0.1) is 0 Å². The maximum atomic E-state index is 12.1. The van der Waals surface area contributed by atoms with Crippen LogP contribution < -0.4 is 10.1 Å². The van der Waals surface area contributed by atoms with Gasteiger partial charge in [0.15, 0.2) is 11.5 Å². The Morgan fingerprint density at radius 1 is 1.31 bits per heavy atom. The number of carbonyl (C=O) groups excluding carboxylic acids is 2. The number of fused-ring (bicyclic) bond motifs is 1. The van der Waals surface area contributed by atoms with Gasteiger partial charge in [-0.05, 0) is 39.0 Å². The van der Waals surface area contributed by atoms with Crippen molar-refractivity contribution in [1.29, 1.82) is 0 Å². The molecule has 1 aliphatic heterocycles.